The molecule has 1 amide bonds. The molecule has 0 spiro atoms. The van der Waals surface area contributed by atoms with Gasteiger partial charge in [-0.05, 0) is 76.2 Å². The summed E-state index contributed by atoms with van der Waals surface area (Å²) in [5, 5.41) is 3.43. The lowest BCUT2D eigenvalue weighted by Gasteiger charge is -2.26. The van der Waals surface area contributed by atoms with Crippen LogP contribution in [0.1, 0.15) is 31.2 Å². The number of benzene rings is 2. The number of sulfonamides is 1. The molecule has 174 valence electrons. The minimum absolute atomic E-state index is 0.0945. The molecule has 0 unspecified atom stereocenters. The van der Waals surface area contributed by atoms with E-state index < -0.39 is 10.0 Å². The van der Waals surface area contributed by atoms with Crippen LogP contribution in [-0.4, -0.2) is 51.9 Å². The number of halogens is 2. The Balaban J connectivity index is 1.72. The van der Waals surface area contributed by atoms with E-state index in [1.807, 2.05) is 6.92 Å². The van der Waals surface area contributed by atoms with Gasteiger partial charge in [0.05, 0.1) is 10.6 Å². The zero-order chi connectivity index (χ0) is 23.1. The van der Waals surface area contributed by atoms with E-state index in [1.54, 1.807) is 12.1 Å². The molecule has 0 aromatic heterocycles. The average molecular weight is 498 g/mol. The van der Waals surface area contributed by atoms with Gasteiger partial charge < -0.3 is 10.2 Å². The fraction of sp³-hybridized carbons (Fsp3) is 0.435. The van der Waals surface area contributed by atoms with Crippen molar-refractivity contribution in [2.24, 2.45) is 0 Å². The van der Waals surface area contributed by atoms with Crippen LogP contribution in [-0.2, 0) is 14.8 Å². The van der Waals surface area contributed by atoms with Gasteiger partial charge >= 0.3 is 0 Å². The highest BCUT2D eigenvalue weighted by atomic mass is 35.5. The van der Waals surface area contributed by atoms with Gasteiger partial charge in [-0.2, -0.15) is 0 Å². The number of amides is 1. The Hall–Kier alpha value is -1.80. The molecule has 1 aliphatic heterocycles. The summed E-state index contributed by atoms with van der Waals surface area (Å²) < 4.78 is 27.8. The Bertz CT molecular complexity index is 1000. The standard InChI is InChI=1S/C23H29Cl2N3O3S/c1-18-6-8-22(9-7-18)32(30,31)28(21-15-19(24)14-20(25)16-21)17-23(29)26-10-5-13-27-11-3-2-4-12-27/h6-9,14-16H,2-5,10-13,17H2,1H3,(H,26,29). The number of piperidine rings is 1. The molecule has 1 N–H and O–H groups in total. The highest BCUT2D eigenvalue weighted by Gasteiger charge is 2.27. The van der Waals surface area contributed by atoms with Crippen molar-refractivity contribution >= 4 is 44.8 Å². The second kappa shape index (κ2) is 11.4. The predicted octanol–water partition coefficient (Wildman–Crippen LogP) is 4.49. The fourth-order valence-corrected chi connectivity index (χ4v) is 5.65. The lowest BCUT2D eigenvalue weighted by atomic mass is 10.1. The molecular weight excluding hydrogens is 469 g/mol. The van der Waals surface area contributed by atoms with E-state index in [0.29, 0.717) is 16.6 Å². The van der Waals surface area contributed by atoms with Crippen molar-refractivity contribution in [3.8, 4) is 0 Å². The fourth-order valence-electron chi connectivity index (χ4n) is 3.74. The topological polar surface area (TPSA) is 69.7 Å². The molecule has 1 aliphatic rings. The van der Waals surface area contributed by atoms with Crippen LogP contribution in [0, 0.1) is 6.92 Å². The van der Waals surface area contributed by atoms with E-state index >= 15 is 0 Å². The monoisotopic (exact) mass is 497 g/mol. The number of anilines is 1. The summed E-state index contributed by atoms with van der Waals surface area (Å²) in [6, 6.07) is 11.0. The number of likely N-dealkylation sites (tertiary alicyclic amines) is 1. The maximum absolute atomic E-state index is 13.4. The molecule has 2 aromatic rings. The average Bonchev–Trinajstić information content (AvgIpc) is 2.75. The predicted molar refractivity (Wildman–Crippen MR) is 130 cm³/mol. The third-order valence-corrected chi connectivity index (χ3v) is 7.68. The van der Waals surface area contributed by atoms with Crippen LogP contribution in [0.5, 0.6) is 0 Å². The van der Waals surface area contributed by atoms with Crippen LogP contribution in [0.2, 0.25) is 10.0 Å². The molecule has 6 nitrogen and oxygen atoms in total. The summed E-state index contributed by atoms with van der Waals surface area (Å²) in [5.41, 5.74) is 1.18. The highest BCUT2D eigenvalue weighted by Crippen LogP contribution is 2.29. The van der Waals surface area contributed by atoms with Gasteiger partial charge in [-0.3, -0.25) is 9.10 Å². The van der Waals surface area contributed by atoms with E-state index in [0.717, 1.165) is 35.9 Å². The molecular formula is C23H29Cl2N3O3S. The van der Waals surface area contributed by atoms with Crippen molar-refractivity contribution in [3.63, 3.8) is 0 Å². The molecule has 1 saturated heterocycles. The number of nitrogens with one attached hydrogen (secondary N) is 1. The van der Waals surface area contributed by atoms with Gasteiger partial charge in [0.25, 0.3) is 10.0 Å². The van der Waals surface area contributed by atoms with Crippen LogP contribution in [0.4, 0.5) is 5.69 Å². The highest BCUT2D eigenvalue weighted by molar-refractivity contribution is 7.92. The van der Waals surface area contributed by atoms with Gasteiger partial charge in [-0.15, -0.1) is 0 Å². The molecule has 2 aromatic carbocycles. The smallest absolute Gasteiger partial charge is 0.264 e. The molecule has 0 aliphatic carbocycles. The number of carbonyl (C=O) groups is 1. The largest absolute Gasteiger partial charge is 0.354 e. The first-order valence-corrected chi connectivity index (χ1v) is 13.0. The SMILES string of the molecule is Cc1ccc(S(=O)(=O)N(CC(=O)NCCCN2CCCCC2)c2cc(Cl)cc(Cl)c2)cc1. The number of carbonyl (C=O) groups excluding carboxylic acids is 1. The second-order valence-corrected chi connectivity index (χ2v) is 10.8. The Morgan fingerprint density at radius 3 is 2.28 bits per heavy atom. The molecule has 0 atom stereocenters. The lowest BCUT2D eigenvalue weighted by molar-refractivity contribution is -0.119. The number of nitrogens with zero attached hydrogens (tertiary/aromatic N) is 2. The van der Waals surface area contributed by atoms with Crippen LogP contribution >= 0.6 is 23.2 Å². The molecule has 1 fully saturated rings. The van der Waals surface area contributed by atoms with Crippen molar-refractivity contribution in [3.05, 3.63) is 58.1 Å². The zero-order valence-corrected chi connectivity index (χ0v) is 20.5. The maximum atomic E-state index is 13.4. The number of hydrogen-bond acceptors (Lipinski definition) is 4. The molecule has 9 heteroatoms. The van der Waals surface area contributed by atoms with E-state index in [-0.39, 0.29) is 23.0 Å². The first kappa shape index (κ1) is 24.8. The van der Waals surface area contributed by atoms with Crippen molar-refractivity contribution in [2.45, 2.75) is 37.5 Å². The van der Waals surface area contributed by atoms with E-state index in [4.69, 9.17) is 23.2 Å². The first-order valence-electron chi connectivity index (χ1n) is 10.8. The molecule has 1 heterocycles. The van der Waals surface area contributed by atoms with Gasteiger partial charge in [0.2, 0.25) is 5.91 Å². The zero-order valence-electron chi connectivity index (χ0n) is 18.2. The molecule has 32 heavy (non-hydrogen) atoms. The summed E-state index contributed by atoms with van der Waals surface area (Å²) in [6.45, 7) is 5.14. The summed E-state index contributed by atoms with van der Waals surface area (Å²) in [7, 11) is -4.00. The van der Waals surface area contributed by atoms with Gasteiger partial charge in [0.1, 0.15) is 6.54 Å². The third-order valence-electron chi connectivity index (χ3n) is 5.45. The number of aryl methyl sites for hydroxylation is 1. The van der Waals surface area contributed by atoms with Crippen LogP contribution < -0.4 is 9.62 Å². The summed E-state index contributed by atoms with van der Waals surface area (Å²) >= 11 is 12.2. The summed E-state index contributed by atoms with van der Waals surface area (Å²) in [4.78, 5) is 15.2. The van der Waals surface area contributed by atoms with Gasteiger partial charge in [0.15, 0.2) is 0 Å². The Morgan fingerprint density at radius 2 is 1.66 bits per heavy atom. The van der Waals surface area contributed by atoms with E-state index in [2.05, 4.69) is 10.2 Å². The molecule has 0 radical (unpaired) electrons. The Morgan fingerprint density at radius 1 is 1.03 bits per heavy atom. The second-order valence-electron chi connectivity index (χ2n) is 8.06. The first-order chi connectivity index (χ1) is 15.3. The normalized spacial score (nSPS) is 14.8. The molecule has 0 saturated carbocycles. The Labute approximate surface area is 200 Å². The van der Waals surface area contributed by atoms with E-state index in [9.17, 15) is 13.2 Å². The van der Waals surface area contributed by atoms with Gasteiger partial charge in [0, 0.05) is 16.6 Å². The molecule has 0 bridgehead atoms. The quantitative estimate of drug-likeness (QED) is 0.518. The van der Waals surface area contributed by atoms with Crippen molar-refractivity contribution in [1.82, 2.24) is 10.2 Å². The van der Waals surface area contributed by atoms with Crippen LogP contribution in [0.15, 0.2) is 47.4 Å². The van der Waals surface area contributed by atoms with Crippen LogP contribution in [0.3, 0.4) is 0 Å². The summed E-state index contributed by atoms with van der Waals surface area (Å²) in [5.74, 6) is -0.379. The molecule has 3 rings (SSSR count). The third kappa shape index (κ3) is 6.85. The number of rotatable bonds is 9. The van der Waals surface area contributed by atoms with Crippen molar-refractivity contribution < 1.29 is 13.2 Å². The number of hydrogen-bond donors (Lipinski definition) is 1. The van der Waals surface area contributed by atoms with Gasteiger partial charge in [-0.25, -0.2) is 8.42 Å². The minimum atomic E-state index is -4.00. The van der Waals surface area contributed by atoms with Crippen LogP contribution in [0.25, 0.3) is 0 Å². The summed E-state index contributed by atoms with van der Waals surface area (Å²) in [6.07, 6.45) is 4.55. The Kier molecular flexibility index (Phi) is 8.82. The maximum Gasteiger partial charge on any atom is 0.264 e. The lowest BCUT2D eigenvalue weighted by Crippen LogP contribution is -2.41. The van der Waals surface area contributed by atoms with Gasteiger partial charge in [-0.1, -0.05) is 47.3 Å². The van der Waals surface area contributed by atoms with Crippen molar-refractivity contribution in [1.29, 1.82) is 0 Å². The van der Waals surface area contributed by atoms with Crippen molar-refractivity contribution in [2.75, 3.05) is 37.0 Å². The minimum Gasteiger partial charge on any atom is -0.354 e. The van der Waals surface area contributed by atoms with E-state index in [1.165, 1.54) is 49.6 Å².